The van der Waals surface area contributed by atoms with Gasteiger partial charge in [-0.3, -0.25) is 9.59 Å². The molecule has 4 aromatic rings. The standard InChI is InChI=1S/C20H10Br2O4/c21-13-7-3-1-5-11(13)19-17-18(24)12-6-2-4-8-14(12)25-20(17)15(26-19)9-10-16(22)23/h1-10H/b10-9+. The van der Waals surface area contributed by atoms with Crippen molar-refractivity contribution in [2.24, 2.45) is 0 Å². The van der Waals surface area contributed by atoms with Crippen molar-refractivity contribution in [3.05, 3.63) is 75.1 Å². The summed E-state index contributed by atoms with van der Waals surface area (Å²) in [5.41, 5.74) is 1.32. The average Bonchev–Trinajstić information content (AvgIpc) is 2.99. The number of rotatable bonds is 3. The van der Waals surface area contributed by atoms with Crippen LogP contribution in [-0.2, 0) is 4.79 Å². The molecule has 6 heteroatoms. The molecule has 2 aromatic heterocycles. The Morgan fingerprint density at radius 1 is 1.00 bits per heavy atom. The third kappa shape index (κ3) is 2.85. The van der Waals surface area contributed by atoms with E-state index in [-0.39, 0.29) is 10.1 Å². The second-order valence-corrected chi connectivity index (χ2v) is 7.18. The lowest BCUT2D eigenvalue weighted by Gasteiger charge is -2.01. The molecule has 0 amide bonds. The van der Waals surface area contributed by atoms with Gasteiger partial charge in [-0.1, -0.05) is 46.3 Å². The van der Waals surface area contributed by atoms with Gasteiger partial charge in [-0.15, -0.1) is 0 Å². The van der Waals surface area contributed by atoms with Crippen LogP contribution in [0, 0.1) is 0 Å². The summed E-state index contributed by atoms with van der Waals surface area (Å²) in [4.78, 5) is 24.4. The molecule has 4 rings (SSSR count). The van der Waals surface area contributed by atoms with E-state index in [0.29, 0.717) is 33.5 Å². The lowest BCUT2D eigenvalue weighted by Crippen LogP contribution is -2.01. The zero-order chi connectivity index (χ0) is 18.3. The molecule has 0 aliphatic heterocycles. The molecule has 0 fully saturated rings. The van der Waals surface area contributed by atoms with E-state index in [1.54, 1.807) is 24.3 Å². The SMILES string of the molecule is O=C(Br)/C=C/c1oc(-c2ccccc2Br)c2c(=O)c3ccccc3oc12. The molecule has 0 atom stereocenters. The van der Waals surface area contributed by atoms with Gasteiger partial charge in [-0.25, -0.2) is 0 Å². The quantitative estimate of drug-likeness (QED) is 0.274. The number of hydrogen-bond acceptors (Lipinski definition) is 4. The average molecular weight is 474 g/mol. The summed E-state index contributed by atoms with van der Waals surface area (Å²) in [7, 11) is 0. The number of furan rings is 1. The Morgan fingerprint density at radius 2 is 1.73 bits per heavy atom. The van der Waals surface area contributed by atoms with Crippen LogP contribution >= 0.6 is 31.9 Å². The van der Waals surface area contributed by atoms with Crippen LogP contribution in [0.2, 0.25) is 0 Å². The van der Waals surface area contributed by atoms with Crippen molar-refractivity contribution in [3.63, 3.8) is 0 Å². The summed E-state index contributed by atoms with van der Waals surface area (Å²) in [5.74, 6) is 0.704. The molecule has 26 heavy (non-hydrogen) atoms. The van der Waals surface area contributed by atoms with Crippen LogP contribution in [0.3, 0.4) is 0 Å². The Morgan fingerprint density at radius 3 is 2.50 bits per heavy atom. The van der Waals surface area contributed by atoms with Crippen molar-refractivity contribution < 1.29 is 13.6 Å². The van der Waals surface area contributed by atoms with Crippen molar-refractivity contribution in [1.82, 2.24) is 0 Å². The molecule has 2 aromatic carbocycles. The summed E-state index contributed by atoms with van der Waals surface area (Å²) < 4.78 is 12.4. The van der Waals surface area contributed by atoms with Gasteiger partial charge in [0.1, 0.15) is 11.0 Å². The zero-order valence-electron chi connectivity index (χ0n) is 13.2. The van der Waals surface area contributed by atoms with Crippen molar-refractivity contribution in [3.8, 4) is 11.3 Å². The summed E-state index contributed by atoms with van der Waals surface area (Å²) >= 11 is 6.34. The Balaban J connectivity index is 2.15. The Bertz CT molecular complexity index is 1250. The predicted octanol–water partition coefficient (Wildman–Crippen LogP) is 5.90. The minimum Gasteiger partial charge on any atom is -0.452 e. The first-order valence-corrected chi connectivity index (χ1v) is 9.25. The highest BCUT2D eigenvalue weighted by atomic mass is 79.9. The number of carbonyl (C=O) groups excluding carboxylic acids is 1. The maximum Gasteiger partial charge on any atom is 0.220 e. The Kier molecular flexibility index (Phi) is 4.38. The van der Waals surface area contributed by atoms with Crippen molar-refractivity contribution in [1.29, 1.82) is 0 Å². The summed E-state index contributed by atoms with van der Waals surface area (Å²) in [6, 6.07) is 14.5. The molecular weight excluding hydrogens is 464 g/mol. The van der Waals surface area contributed by atoms with Crippen molar-refractivity contribution in [2.75, 3.05) is 0 Å². The molecular formula is C20H10Br2O4. The third-order valence-corrected chi connectivity index (χ3v) is 4.90. The van der Waals surface area contributed by atoms with Gasteiger partial charge < -0.3 is 8.83 Å². The first kappa shape index (κ1) is 17.0. The molecule has 0 radical (unpaired) electrons. The molecule has 0 bridgehead atoms. The maximum absolute atomic E-state index is 13.1. The van der Waals surface area contributed by atoms with Crippen LogP contribution in [0.25, 0.3) is 39.3 Å². The highest BCUT2D eigenvalue weighted by Crippen LogP contribution is 2.37. The second-order valence-electron chi connectivity index (χ2n) is 5.54. The molecule has 0 saturated heterocycles. The van der Waals surface area contributed by atoms with Crippen LogP contribution in [-0.4, -0.2) is 4.69 Å². The number of halogens is 2. The van der Waals surface area contributed by atoms with E-state index in [1.165, 1.54) is 12.2 Å². The van der Waals surface area contributed by atoms with Gasteiger partial charge in [-0.2, -0.15) is 0 Å². The molecule has 0 spiro atoms. The molecule has 4 nitrogen and oxygen atoms in total. The van der Waals surface area contributed by atoms with Crippen LogP contribution in [0.1, 0.15) is 5.76 Å². The third-order valence-electron chi connectivity index (χ3n) is 3.94. The maximum atomic E-state index is 13.1. The minimum absolute atomic E-state index is 0.179. The molecule has 0 aliphatic rings. The van der Waals surface area contributed by atoms with E-state index in [0.717, 1.165) is 10.0 Å². The Labute approximate surface area is 164 Å². The number of allylic oxidation sites excluding steroid dienone is 1. The predicted molar refractivity (Wildman–Crippen MR) is 108 cm³/mol. The van der Waals surface area contributed by atoms with E-state index >= 15 is 0 Å². The summed E-state index contributed by atoms with van der Waals surface area (Å²) in [6.45, 7) is 0. The largest absolute Gasteiger partial charge is 0.452 e. The van der Waals surface area contributed by atoms with Crippen LogP contribution in [0.5, 0.6) is 0 Å². The van der Waals surface area contributed by atoms with Gasteiger partial charge >= 0.3 is 0 Å². The van der Waals surface area contributed by atoms with Gasteiger partial charge in [0, 0.05) is 10.0 Å². The van der Waals surface area contributed by atoms with Gasteiger partial charge in [0.15, 0.2) is 17.1 Å². The van der Waals surface area contributed by atoms with Crippen molar-refractivity contribution >= 4 is 64.6 Å². The smallest absolute Gasteiger partial charge is 0.220 e. The van der Waals surface area contributed by atoms with E-state index in [9.17, 15) is 9.59 Å². The lowest BCUT2D eigenvalue weighted by atomic mass is 10.1. The lowest BCUT2D eigenvalue weighted by molar-refractivity contribution is -0.106. The zero-order valence-corrected chi connectivity index (χ0v) is 16.3. The van der Waals surface area contributed by atoms with Crippen LogP contribution in [0.4, 0.5) is 0 Å². The number of para-hydroxylation sites is 1. The molecule has 0 saturated carbocycles. The number of carbonyl (C=O) groups is 1. The molecule has 2 heterocycles. The normalized spacial score (nSPS) is 11.6. The fraction of sp³-hybridized carbons (Fsp3) is 0. The topological polar surface area (TPSA) is 60.4 Å². The van der Waals surface area contributed by atoms with E-state index in [2.05, 4.69) is 31.9 Å². The molecule has 0 aliphatic carbocycles. The summed E-state index contributed by atoms with van der Waals surface area (Å²) in [6.07, 6.45) is 2.79. The van der Waals surface area contributed by atoms with Crippen molar-refractivity contribution in [2.45, 2.75) is 0 Å². The highest BCUT2D eigenvalue weighted by Gasteiger charge is 2.22. The first-order chi connectivity index (χ1) is 12.6. The summed E-state index contributed by atoms with van der Waals surface area (Å²) in [5, 5.41) is 0.818. The van der Waals surface area contributed by atoms with Crippen LogP contribution in [0.15, 0.2) is 72.7 Å². The van der Waals surface area contributed by atoms with E-state index in [1.807, 2.05) is 24.3 Å². The Hall–Kier alpha value is -2.44. The minimum atomic E-state index is -0.312. The monoisotopic (exact) mass is 472 g/mol. The fourth-order valence-corrected chi connectivity index (χ4v) is 3.41. The van der Waals surface area contributed by atoms with Gasteiger partial charge in [0.05, 0.1) is 5.39 Å². The number of hydrogen-bond donors (Lipinski definition) is 0. The van der Waals surface area contributed by atoms with Crippen LogP contribution < -0.4 is 5.43 Å². The number of fused-ring (bicyclic) bond motifs is 2. The fourth-order valence-electron chi connectivity index (χ4n) is 2.81. The van der Waals surface area contributed by atoms with Gasteiger partial charge in [-0.05, 0) is 46.3 Å². The number of benzene rings is 2. The molecule has 0 N–H and O–H groups in total. The van der Waals surface area contributed by atoms with Gasteiger partial charge in [0.2, 0.25) is 10.1 Å². The molecule has 128 valence electrons. The highest BCUT2D eigenvalue weighted by molar-refractivity contribution is 9.18. The van der Waals surface area contributed by atoms with E-state index < -0.39 is 0 Å². The van der Waals surface area contributed by atoms with Gasteiger partial charge in [0.25, 0.3) is 0 Å². The van der Waals surface area contributed by atoms with E-state index in [4.69, 9.17) is 8.83 Å². The second kappa shape index (κ2) is 6.70. The molecule has 0 unspecified atom stereocenters. The first-order valence-electron chi connectivity index (χ1n) is 7.67.